The number of imide groups is 1. The summed E-state index contributed by atoms with van der Waals surface area (Å²) >= 11 is 0. The topological polar surface area (TPSA) is 119 Å². The predicted molar refractivity (Wildman–Crippen MR) is 116 cm³/mol. The minimum absolute atomic E-state index is 0.0611. The fourth-order valence-electron chi connectivity index (χ4n) is 4.08. The maximum absolute atomic E-state index is 13.9. The fraction of sp³-hybridized carbons (Fsp3) is 0.429. The largest absolute Gasteiger partial charge is 0.495 e. The van der Waals surface area contributed by atoms with Crippen LogP contribution in [-0.4, -0.2) is 54.0 Å². The molecule has 1 aromatic rings. The van der Waals surface area contributed by atoms with E-state index in [1.807, 2.05) is 11.9 Å². The number of urea groups is 1. The molecule has 32 heavy (non-hydrogen) atoms. The SMILES string of the molecule is COc1ccc(F)cc1NC1=NC2C(/C=C3\NC(=O)NC3=O)C(C)NN2C(=NC2CC2)C1. The lowest BCUT2D eigenvalue weighted by atomic mass is 9.98. The van der Waals surface area contributed by atoms with E-state index in [1.54, 1.807) is 12.1 Å². The summed E-state index contributed by atoms with van der Waals surface area (Å²) in [7, 11) is 1.52. The van der Waals surface area contributed by atoms with Crippen molar-refractivity contribution >= 4 is 29.3 Å². The highest BCUT2D eigenvalue weighted by atomic mass is 19.1. The molecule has 4 N–H and O–H groups in total. The zero-order valence-corrected chi connectivity index (χ0v) is 17.7. The van der Waals surface area contributed by atoms with E-state index in [1.165, 1.54) is 19.2 Å². The van der Waals surface area contributed by atoms with Gasteiger partial charge in [-0.25, -0.2) is 19.6 Å². The number of hydrogen-bond donors (Lipinski definition) is 4. The van der Waals surface area contributed by atoms with Crippen LogP contribution in [0.25, 0.3) is 0 Å². The molecular formula is C21H24FN7O3. The van der Waals surface area contributed by atoms with Crippen molar-refractivity contribution in [3.8, 4) is 5.75 Å². The van der Waals surface area contributed by atoms with Gasteiger partial charge in [0.15, 0.2) is 0 Å². The lowest BCUT2D eigenvalue weighted by molar-refractivity contribution is -0.115. The molecule has 3 heterocycles. The van der Waals surface area contributed by atoms with Crippen molar-refractivity contribution in [1.82, 2.24) is 21.1 Å². The number of amides is 3. The summed E-state index contributed by atoms with van der Waals surface area (Å²) in [6.07, 6.45) is 3.87. The van der Waals surface area contributed by atoms with Crippen molar-refractivity contribution < 1.29 is 18.7 Å². The number of anilines is 1. The predicted octanol–water partition coefficient (Wildman–Crippen LogP) is 1.48. The molecule has 1 aliphatic carbocycles. The molecule has 168 valence electrons. The first-order valence-electron chi connectivity index (χ1n) is 10.5. The average molecular weight is 441 g/mol. The van der Waals surface area contributed by atoms with Crippen LogP contribution in [0.2, 0.25) is 0 Å². The van der Waals surface area contributed by atoms with Crippen LogP contribution >= 0.6 is 0 Å². The standard InChI is InChI=1S/C21H24FN7O3/c1-10-13(8-15-20(30)27-21(31)25-15)19-26-17(9-18(29(19)28-10)23-12-4-5-12)24-14-7-11(22)3-6-16(14)32-2/h3,6-8,10,12-13,19,28H,4-5,9H2,1-2H3,(H,24,26)(H2,25,27,30,31)/b15-8-,23-18?. The zero-order chi connectivity index (χ0) is 22.4. The van der Waals surface area contributed by atoms with E-state index in [2.05, 4.69) is 21.4 Å². The monoisotopic (exact) mass is 441 g/mol. The normalized spacial score (nSPS) is 29.7. The molecule has 0 radical (unpaired) electrons. The fourth-order valence-corrected chi connectivity index (χ4v) is 4.08. The van der Waals surface area contributed by atoms with E-state index in [9.17, 15) is 14.0 Å². The Labute approximate surface area is 184 Å². The molecule has 3 atom stereocenters. The second-order valence-electron chi connectivity index (χ2n) is 8.27. The Kier molecular flexibility index (Phi) is 5.04. The van der Waals surface area contributed by atoms with E-state index in [-0.39, 0.29) is 23.5 Å². The summed E-state index contributed by atoms with van der Waals surface area (Å²) in [5, 5.41) is 9.89. The third-order valence-electron chi connectivity index (χ3n) is 5.82. The number of fused-ring (bicyclic) bond motifs is 1. The molecular weight excluding hydrogens is 417 g/mol. The van der Waals surface area contributed by atoms with Crippen molar-refractivity contribution in [2.45, 2.75) is 44.4 Å². The summed E-state index contributed by atoms with van der Waals surface area (Å²) < 4.78 is 19.2. The average Bonchev–Trinajstić information content (AvgIpc) is 3.43. The Morgan fingerprint density at radius 2 is 2.12 bits per heavy atom. The number of benzene rings is 1. The first-order valence-corrected chi connectivity index (χ1v) is 10.5. The van der Waals surface area contributed by atoms with Crippen molar-refractivity contribution in [1.29, 1.82) is 0 Å². The van der Waals surface area contributed by atoms with E-state index in [0.717, 1.165) is 18.7 Å². The van der Waals surface area contributed by atoms with Crippen LogP contribution in [0, 0.1) is 11.7 Å². The highest BCUT2D eigenvalue weighted by molar-refractivity contribution is 6.12. The summed E-state index contributed by atoms with van der Waals surface area (Å²) in [6, 6.07) is 3.94. The van der Waals surface area contributed by atoms with Crippen LogP contribution in [0.1, 0.15) is 26.2 Å². The number of nitrogens with zero attached hydrogens (tertiary/aromatic N) is 3. The van der Waals surface area contributed by atoms with Crippen LogP contribution in [0.15, 0.2) is 40.0 Å². The van der Waals surface area contributed by atoms with Gasteiger partial charge in [0.1, 0.15) is 35.1 Å². The lowest BCUT2D eigenvalue weighted by Gasteiger charge is -2.32. The van der Waals surface area contributed by atoms with Gasteiger partial charge in [-0.1, -0.05) is 0 Å². The molecule has 1 aromatic carbocycles. The maximum Gasteiger partial charge on any atom is 0.326 e. The smallest absolute Gasteiger partial charge is 0.326 e. The van der Waals surface area contributed by atoms with Crippen LogP contribution in [0.3, 0.4) is 0 Å². The third kappa shape index (κ3) is 3.91. The number of methoxy groups -OCH3 is 1. The summed E-state index contributed by atoms with van der Waals surface area (Å²) in [6.45, 7) is 1.99. The van der Waals surface area contributed by atoms with Gasteiger partial charge in [0.05, 0.1) is 25.3 Å². The number of carbonyl (C=O) groups is 2. The molecule has 3 fully saturated rings. The number of aliphatic imine (C=N–C) groups is 2. The van der Waals surface area contributed by atoms with Crippen molar-refractivity contribution in [3.63, 3.8) is 0 Å². The van der Waals surface area contributed by atoms with Crippen LogP contribution in [0.5, 0.6) is 5.75 Å². The van der Waals surface area contributed by atoms with Gasteiger partial charge in [-0.2, -0.15) is 0 Å². The Morgan fingerprint density at radius 1 is 1.31 bits per heavy atom. The Bertz CT molecular complexity index is 1070. The third-order valence-corrected chi connectivity index (χ3v) is 5.82. The number of hydrogen-bond acceptors (Lipinski definition) is 7. The zero-order valence-electron chi connectivity index (χ0n) is 17.7. The Morgan fingerprint density at radius 3 is 2.81 bits per heavy atom. The van der Waals surface area contributed by atoms with Gasteiger partial charge in [0, 0.05) is 18.0 Å². The molecule has 3 aliphatic heterocycles. The first-order chi connectivity index (χ1) is 15.4. The van der Waals surface area contributed by atoms with E-state index >= 15 is 0 Å². The molecule has 3 unspecified atom stereocenters. The number of halogens is 1. The number of rotatable bonds is 4. The molecule has 0 spiro atoms. The van der Waals surface area contributed by atoms with Gasteiger partial charge in [-0.3, -0.25) is 20.1 Å². The minimum atomic E-state index is -0.541. The van der Waals surface area contributed by atoms with Gasteiger partial charge < -0.3 is 15.4 Å². The van der Waals surface area contributed by atoms with Gasteiger partial charge in [0.25, 0.3) is 5.91 Å². The van der Waals surface area contributed by atoms with Crippen LogP contribution in [0.4, 0.5) is 14.9 Å². The quantitative estimate of drug-likeness (QED) is 0.415. The minimum Gasteiger partial charge on any atom is -0.495 e. The van der Waals surface area contributed by atoms with Gasteiger partial charge in [-0.15, -0.1) is 0 Å². The molecule has 1 saturated carbocycles. The Balaban J connectivity index is 1.49. The first kappa shape index (κ1) is 20.4. The summed E-state index contributed by atoms with van der Waals surface area (Å²) in [5.41, 5.74) is 4.08. The maximum atomic E-state index is 13.9. The number of hydrazine groups is 1. The van der Waals surface area contributed by atoms with E-state index in [0.29, 0.717) is 29.7 Å². The van der Waals surface area contributed by atoms with Gasteiger partial charge in [-0.05, 0) is 38.0 Å². The van der Waals surface area contributed by atoms with Gasteiger partial charge in [0.2, 0.25) is 0 Å². The van der Waals surface area contributed by atoms with Crippen molar-refractivity contribution in [2.75, 3.05) is 12.4 Å². The Hall–Kier alpha value is -3.47. The van der Waals surface area contributed by atoms with Gasteiger partial charge >= 0.3 is 6.03 Å². The van der Waals surface area contributed by atoms with Crippen molar-refractivity contribution in [2.24, 2.45) is 15.9 Å². The highest BCUT2D eigenvalue weighted by Crippen LogP contribution is 2.33. The second-order valence-corrected chi connectivity index (χ2v) is 8.27. The number of ether oxygens (including phenoxy) is 1. The number of carbonyl (C=O) groups excluding carboxylic acids is 2. The highest BCUT2D eigenvalue weighted by Gasteiger charge is 2.44. The molecule has 4 aliphatic rings. The van der Waals surface area contributed by atoms with E-state index < -0.39 is 18.1 Å². The number of nitrogens with one attached hydrogen (secondary N) is 4. The molecule has 10 nitrogen and oxygen atoms in total. The lowest BCUT2D eigenvalue weighted by Crippen LogP contribution is -2.48. The summed E-state index contributed by atoms with van der Waals surface area (Å²) in [4.78, 5) is 33.3. The molecule has 3 amide bonds. The number of amidine groups is 2. The van der Waals surface area contributed by atoms with Crippen LogP contribution < -0.4 is 26.1 Å². The molecule has 11 heteroatoms. The molecule has 5 rings (SSSR count). The summed E-state index contributed by atoms with van der Waals surface area (Å²) in [5.74, 6) is 0.881. The second kappa shape index (κ2) is 7.90. The molecule has 0 bridgehead atoms. The van der Waals surface area contributed by atoms with Crippen molar-refractivity contribution in [3.05, 3.63) is 35.8 Å². The molecule has 0 aromatic heterocycles. The van der Waals surface area contributed by atoms with Crippen LogP contribution in [-0.2, 0) is 4.79 Å². The molecule has 2 saturated heterocycles. The van der Waals surface area contributed by atoms with E-state index in [4.69, 9.17) is 14.7 Å².